The third-order valence-electron chi connectivity index (χ3n) is 3.10. The molecule has 1 heterocycles. The van der Waals surface area contributed by atoms with Crippen LogP contribution in [0.3, 0.4) is 0 Å². The Labute approximate surface area is 118 Å². The average Bonchev–Trinajstić information content (AvgIpc) is 2.46. The van der Waals surface area contributed by atoms with Gasteiger partial charge in [0.15, 0.2) is 0 Å². The lowest BCUT2D eigenvalue weighted by molar-refractivity contribution is 0.0948. The first-order chi connectivity index (χ1) is 9.63. The van der Waals surface area contributed by atoms with Gasteiger partial charge in [-0.05, 0) is 30.0 Å². The van der Waals surface area contributed by atoms with Crippen LogP contribution < -0.4 is 10.2 Å². The number of aliphatic hydroxyl groups excluding tert-OH is 1. The van der Waals surface area contributed by atoms with Gasteiger partial charge in [0.05, 0.1) is 0 Å². The molecule has 0 bridgehead atoms. The van der Waals surface area contributed by atoms with Crippen LogP contribution in [0.5, 0.6) is 0 Å². The van der Waals surface area contributed by atoms with Crippen LogP contribution in [-0.4, -0.2) is 43.2 Å². The lowest BCUT2D eigenvalue weighted by Crippen LogP contribution is -2.26. The molecule has 5 heteroatoms. The first-order valence-electron chi connectivity index (χ1n) is 6.58. The van der Waals surface area contributed by atoms with Gasteiger partial charge in [0, 0.05) is 44.5 Å². The normalized spacial score (nSPS) is 10.6. The predicted octanol–water partition coefficient (Wildman–Crippen LogP) is 1.41. The highest BCUT2D eigenvalue weighted by Crippen LogP contribution is 2.22. The fraction of sp³-hybridized carbons (Fsp3) is 0.333. The number of fused-ring (bicyclic) bond motifs is 1. The van der Waals surface area contributed by atoms with Gasteiger partial charge in [0.2, 0.25) is 0 Å². The van der Waals surface area contributed by atoms with E-state index in [-0.39, 0.29) is 12.5 Å². The number of hydrogen-bond donors (Lipinski definition) is 2. The highest BCUT2D eigenvalue weighted by atomic mass is 16.3. The number of carbonyl (C=O) groups excluding carboxylic acids is 1. The summed E-state index contributed by atoms with van der Waals surface area (Å²) in [4.78, 5) is 18.3. The van der Waals surface area contributed by atoms with Gasteiger partial charge in [0.25, 0.3) is 5.91 Å². The number of aliphatic hydroxyl groups is 1. The highest BCUT2D eigenvalue weighted by Gasteiger charge is 2.12. The van der Waals surface area contributed by atoms with E-state index in [1.807, 2.05) is 43.3 Å². The minimum Gasteiger partial charge on any atom is -0.396 e. The fourth-order valence-electron chi connectivity index (χ4n) is 1.98. The maximum Gasteiger partial charge on any atom is 0.270 e. The molecule has 0 radical (unpaired) electrons. The molecule has 2 N–H and O–H groups in total. The molecule has 0 unspecified atom stereocenters. The molecule has 1 amide bonds. The van der Waals surface area contributed by atoms with E-state index < -0.39 is 0 Å². The van der Waals surface area contributed by atoms with Crippen molar-refractivity contribution in [2.24, 2.45) is 0 Å². The molecule has 0 aliphatic rings. The van der Waals surface area contributed by atoms with E-state index in [0.717, 1.165) is 16.5 Å². The molecule has 2 aromatic rings. The second-order valence-electron chi connectivity index (χ2n) is 4.79. The van der Waals surface area contributed by atoms with E-state index in [2.05, 4.69) is 10.3 Å². The van der Waals surface area contributed by atoms with Crippen molar-refractivity contribution in [3.63, 3.8) is 0 Å². The smallest absolute Gasteiger partial charge is 0.270 e. The molecule has 0 spiro atoms. The van der Waals surface area contributed by atoms with E-state index in [0.29, 0.717) is 18.7 Å². The largest absolute Gasteiger partial charge is 0.396 e. The number of carbonyl (C=O) groups is 1. The summed E-state index contributed by atoms with van der Waals surface area (Å²) in [5.41, 5.74) is 1.44. The third kappa shape index (κ3) is 3.05. The molecule has 0 aliphatic carbocycles. The topological polar surface area (TPSA) is 65.5 Å². The summed E-state index contributed by atoms with van der Waals surface area (Å²) in [5, 5.41) is 13.3. The monoisotopic (exact) mass is 273 g/mol. The highest BCUT2D eigenvalue weighted by molar-refractivity contribution is 6.05. The molecule has 106 valence electrons. The molecule has 1 aromatic carbocycles. The minimum absolute atomic E-state index is 0.0635. The molecule has 20 heavy (non-hydrogen) atoms. The Kier molecular flexibility index (Phi) is 4.53. The number of rotatable bonds is 5. The number of nitrogens with zero attached hydrogens (tertiary/aromatic N) is 2. The fourth-order valence-corrected chi connectivity index (χ4v) is 1.98. The Morgan fingerprint density at radius 2 is 2.15 bits per heavy atom. The van der Waals surface area contributed by atoms with Crippen LogP contribution in [0.25, 0.3) is 10.8 Å². The van der Waals surface area contributed by atoms with Gasteiger partial charge >= 0.3 is 0 Å². The third-order valence-corrected chi connectivity index (χ3v) is 3.10. The lowest BCUT2D eigenvalue weighted by atomic mass is 10.1. The number of amides is 1. The van der Waals surface area contributed by atoms with Crippen molar-refractivity contribution in [1.29, 1.82) is 0 Å². The summed E-state index contributed by atoms with van der Waals surface area (Å²) in [7, 11) is 3.91. The van der Waals surface area contributed by atoms with Gasteiger partial charge < -0.3 is 15.3 Å². The van der Waals surface area contributed by atoms with E-state index in [1.54, 1.807) is 6.20 Å². The van der Waals surface area contributed by atoms with Crippen molar-refractivity contribution in [3.8, 4) is 0 Å². The molecule has 0 saturated carbocycles. The van der Waals surface area contributed by atoms with Crippen molar-refractivity contribution >= 4 is 22.4 Å². The number of anilines is 1. The number of aromatic nitrogens is 1. The molecule has 0 atom stereocenters. The van der Waals surface area contributed by atoms with Crippen LogP contribution in [0.2, 0.25) is 0 Å². The van der Waals surface area contributed by atoms with Gasteiger partial charge in [-0.2, -0.15) is 0 Å². The number of hydrogen-bond acceptors (Lipinski definition) is 4. The van der Waals surface area contributed by atoms with Gasteiger partial charge in [-0.1, -0.05) is 6.07 Å². The number of nitrogens with one attached hydrogen (secondary N) is 1. The molecule has 0 saturated heterocycles. The van der Waals surface area contributed by atoms with Gasteiger partial charge in [-0.3, -0.25) is 9.78 Å². The number of benzene rings is 1. The van der Waals surface area contributed by atoms with Crippen molar-refractivity contribution in [2.75, 3.05) is 32.1 Å². The quantitative estimate of drug-likeness (QED) is 0.809. The standard InChI is InChI=1S/C15H19N3O2/c1-18(2)12-5-4-11-6-8-16-14(13(11)10-12)15(20)17-7-3-9-19/h4-6,8,10,19H,3,7,9H2,1-2H3,(H,17,20). The van der Waals surface area contributed by atoms with Crippen LogP contribution in [0.15, 0.2) is 30.5 Å². The van der Waals surface area contributed by atoms with Crippen LogP contribution in [0, 0.1) is 0 Å². The van der Waals surface area contributed by atoms with E-state index in [9.17, 15) is 4.79 Å². The maximum absolute atomic E-state index is 12.1. The van der Waals surface area contributed by atoms with Crippen molar-refractivity contribution in [3.05, 3.63) is 36.2 Å². The summed E-state index contributed by atoms with van der Waals surface area (Å²) >= 11 is 0. The lowest BCUT2D eigenvalue weighted by Gasteiger charge is -2.14. The van der Waals surface area contributed by atoms with Gasteiger partial charge in [-0.25, -0.2) is 0 Å². The molecular weight excluding hydrogens is 254 g/mol. The van der Waals surface area contributed by atoms with Gasteiger partial charge in [-0.15, -0.1) is 0 Å². The predicted molar refractivity (Wildman–Crippen MR) is 80.1 cm³/mol. The average molecular weight is 273 g/mol. The summed E-state index contributed by atoms with van der Waals surface area (Å²) in [6, 6.07) is 7.84. The molecule has 0 fully saturated rings. The van der Waals surface area contributed by atoms with Crippen LogP contribution in [-0.2, 0) is 0 Å². The Morgan fingerprint density at radius 3 is 2.85 bits per heavy atom. The first kappa shape index (κ1) is 14.3. The number of pyridine rings is 1. The van der Waals surface area contributed by atoms with Crippen molar-refractivity contribution < 1.29 is 9.90 Å². The maximum atomic E-state index is 12.1. The van der Waals surface area contributed by atoms with Crippen LogP contribution >= 0.6 is 0 Å². The molecule has 0 aliphatic heterocycles. The summed E-state index contributed by atoms with van der Waals surface area (Å²) in [5.74, 6) is -0.208. The Morgan fingerprint density at radius 1 is 1.35 bits per heavy atom. The zero-order chi connectivity index (χ0) is 14.5. The summed E-state index contributed by atoms with van der Waals surface area (Å²) in [6.45, 7) is 0.509. The zero-order valence-corrected chi connectivity index (χ0v) is 11.8. The van der Waals surface area contributed by atoms with Crippen LogP contribution in [0.4, 0.5) is 5.69 Å². The first-order valence-corrected chi connectivity index (χ1v) is 6.58. The Balaban J connectivity index is 2.36. The van der Waals surface area contributed by atoms with Crippen molar-refractivity contribution in [1.82, 2.24) is 10.3 Å². The minimum atomic E-state index is -0.208. The second kappa shape index (κ2) is 6.34. The molecular formula is C15H19N3O2. The summed E-state index contributed by atoms with van der Waals surface area (Å²) in [6.07, 6.45) is 2.18. The Bertz CT molecular complexity index is 611. The van der Waals surface area contributed by atoms with Crippen molar-refractivity contribution in [2.45, 2.75) is 6.42 Å². The summed E-state index contributed by atoms with van der Waals surface area (Å²) < 4.78 is 0. The molecule has 1 aromatic heterocycles. The zero-order valence-electron chi connectivity index (χ0n) is 11.8. The molecule has 2 rings (SSSR count). The van der Waals surface area contributed by atoms with E-state index in [4.69, 9.17) is 5.11 Å². The van der Waals surface area contributed by atoms with E-state index >= 15 is 0 Å². The second-order valence-corrected chi connectivity index (χ2v) is 4.79. The van der Waals surface area contributed by atoms with Crippen LogP contribution in [0.1, 0.15) is 16.9 Å². The SMILES string of the molecule is CN(C)c1ccc2ccnc(C(=O)NCCCO)c2c1. The van der Waals surface area contributed by atoms with E-state index in [1.165, 1.54) is 0 Å². The molecule has 5 nitrogen and oxygen atoms in total. The van der Waals surface area contributed by atoms with Gasteiger partial charge in [0.1, 0.15) is 5.69 Å². The Hall–Kier alpha value is -2.14.